The average molecular weight is 386 g/mol. The highest BCUT2D eigenvalue weighted by molar-refractivity contribution is 5.68. The molecule has 0 fully saturated rings. The Bertz CT molecular complexity index is 1140. The third kappa shape index (κ3) is 2.15. The summed E-state index contributed by atoms with van der Waals surface area (Å²) in [5.41, 5.74) is 11.6. The molecule has 1 aromatic heterocycles. The average Bonchev–Trinajstić information content (AvgIpc) is 2.80. The lowest BCUT2D eigenvalue weighted by molar-refractivity contribution is 0.225. The molecule has 0 saturated heterocycles. The highest BCUT2D eigenvalue weighted by Gasteiger charge is 2.49. The molecule has 8 rings (SSSR count). The molecule has 2 bridgehead atoms. The summed E-state index contributed by atoms with van der Waals surface area (Å²) < 4.78 is 0. The molecule has 0 aliphatic heterocycles. The van der Waals surface area contributed by atoms with Gasteiger partial charge in [0, 0.05) is 23.6 Å². The summed E-state index contributed by atoms with van der Waals surface area (Å²) in [6.45, 7) is 0. The second kappa shape index (κ2) is 6.15. The molecule has 30 heavy (non-hydrogen) atoms. The number of hydrogen-bond acceptors (Lipinski definition) is 1. The fourth-order valence-electron chi connectivity index (χ4n) is 6.73. The van der Waals surface area contributed by atoms with Gasteiger partial charge in [-0.15, -0.1) is 0 Å². The molecule has 2 atom stereocenters. The van der Waals surface area contributed by atoms with Crippen molar-refractivity contribution in [2.45, 2.75) is 24.7 Å². The Hall–Kier alpha value is -3.19. The van der Waals surface area contributed by atoms with Crippen molar-refractivity contribution in [2.75, 3.05) is 0 Å². The van der Waals surface area contributed by atoms with Crippen LogP contribution in [0.2, 0.25) is 0 Å². The molecule has 4 aliphatic carbocycles. The van der Waals surface area contributed by atoms with Crippen LogP contribution in [-0.2, 0) is 12.8 Å². The molecule has 4 aliphatic rings. The van der Waals surface area contributed by atoms with Gasteiger partial charge < -0.3 is 0 Å². The van der Waals surface area contributed by atoms with Gasteiger partial charge in [-0.25, -0.2) is 0 Å². The molecule has 0 radical (unpaired) electrons. The van der Waals surface area contributed by atoms with E-state index < -0.39 is 0 Å². The summed E-state index contributed by atoms with van der Waals surface area (Å²) in [5.74, 6) is 2.19. The Morgan fingerprint density at radius 3 is 1.67 bits per heavy atom. The number of benzene rings is 3. The van der Waals surface area contributed by atoms with Crippen LogP contribution >= 0.6 is 0 Å². The first-order valence-corrected chi connectivity index (χ1v) is 11.1. The van der Waals surface area contributed by atoms with Crippen LogP contribution in [0.3, 0.4) is 0 Å². The first kappa shape index (κ1) is 16.6. The Kier molecular flexibility index (Phi) is 3.40. The third-order valence-electron chi connectivity index (χ3n) is 7.81. The van der Waals surface area contributed by atoms with E-state index in [1.165, 1.54) is 22.4 Å². The van der Waals surface area contributed by atoms with E-state index in [1.807, 2.05) is 6.20 Å². The fourth-order valence-corrected chi connectivity index (χ4v) is 6.73. The van der Waals surface area contributed by atoms with E-state index in [0.717, 1.165) is 12.8 Å². The van der Waals surface area contributed by atoms with Crippen molar-refractivity contribution in [2.24, 2.45) is 11.8 Å². The minimum absolute atomic E-state index is 0.478. The normalized spacial score (nSPS) is 25.1. The first-order chi connectivity index (χ1) is 14.9. The minimum atomic E-state index is 0.478. The van der Waals surface area contributed by atoms with Gasteiger partial charge >= 0.3 is 0 Å². The minimum Gasteiger partial charge on any atom is -0.256 e. The molecule has 0 saturated carbocycles. The first-order valence-electron chi connectivity index (χ1n) is 11.1. The Balaban J connectivity index is 1.51. The van der Waals surface area contributed by atoms with E-state index in [1.54, 1.807) is 22.3 Å². The van der Waals surface area contributed by atoms with E-state index >= 15 is 0 Å². The molecule has 4 aromatic rings. The van der Waals surface area contributed by atoms with Crippen LogP contribution in [-0.4, -0.2) is 4.98 Å². The summed E-state index contributed by atoms with van der Waals surface area (Å²) >= 11 is 0. The van der Waals surface area contributed by atoms with Crippen molar-refractivity contribution in [1.29, 1.82) is 0 Å². The summed E-state index contributed by atoms with van der Waals surface area (Å²) in [6.07, 6.45) is 4.18. The molecule has 1 nitrogen and oxygen atoms in total. The fraction of sp³-hybridized carbons (Fsp3) is 0.207. The van der Waals surface area contributed by atoms with Crippen molar-refractivity contribution < 1.29 is 0 Å². The number of fused-ring (bicyclic) bond motifs is 3. The van der Waals surface area contributed by atoms with Gasteiger partial charge in [0.2, 0.25) is 0 Å². The van der Waals surface area contributed by atoms with Crippen LogP contribution in [0.1, 0.15) is 45.2 Å². The Morgan fingerprint density at radius 1 is 0.533 bits per heavy atom. The van der Waals surface area contributed by atoms with Crippen LogP contribution in [0.25, 0.3) is 11.3 Å². The molecule has 0 spiro atoms. The second-order valence-corrected chi connectivity index (χ2v) is 9.12. The van der Waals surface area contributed by atoms with E-state index in [4.69, 9.17) is 4.98 Å². The predicted octanol–water partition coefficient (Wildman–Crippen LogP) is 6.37. The molecular formula is C29H23N. The Labute approximate surface area is 177 Å². The van der Waals surface area contributed by atoms with Gasteiger partial charge in [-0.05, 0) is 64.1 Å². The predicted molar refractivity (Wildman–Crippen MR) is 121 cm³/mol. The molecule has 144 valence electrons. The van der Waals surface area contributed by atoms with Crippen molar-refractivity contribution >= 4 is 0 Å². The number of rotatable bonds is 0. The van der Waals surface area contributed by atoms with Crippen LogP contribution in [0.15, 0.2) is 91.1 Å². The SMILES string of the molecule is c1ccc2c(c1)CC1C3c4ccccc4C(c4ccccc43)C1Cc1cccnc1-2. The Morgan fingerprint density at radius 2 is 1.03 bits per heavy atom. The standard InChI is InChI=1S/C29H23N/c1-2-10-20-18(8-1)16-25-26(17-19-9-7-15-30-29(19)20)28-23-13-5-3-11-21(23)27(25)22-12-4-6-14-24(22)28/h1-15,25-28H,16-17H2. The maximum atomic E-state index is 4.85. The summed E-state index contributed by atoms with van der Waals surface area (Å²) in [5, 5.41) is 0. The molecule has 1 heteroatoms. The topological polar surface area (TPSA) is 12.9 Å². The molecule has 3 aromatic carbocycles. The van der Waals surface area contributed by atoms with Crippen molar-refractivity contribution in [3.05, 3.63) is 125 Å². The van der Waals surface area contributed by atoms with Crippen LogP contribution < -0.4 is 0 Å². The van der Waals surface area contributed by atoms with Crippen molar-refractivity contribution in [3.8, 4) is 11.3 Å². The highest BCUT2D eigenvalue weighted by atomic mass is 14.7. The third-order valence-corrected chi connectivity index (χ3v) is 7.81. The number of pyridine rings is 1. The van der Waals surface area contributed by atoms with Crippen molar-refractivity contribution in [3.63, 3.8) is 0 Å². The molecule has 2 unspecified atom stereocenters. The quantitative estimate of drug-likeness (QED) is 0.343. The van der Waals surface area contributed by atoms with E-state index in [-0.39, 0.29) is 0 Å². The summed E-state index contributed by atoms with van der Waals surface area (Å²) in [6, 6.07) is 31.8. The second-order valence-electron chi connectivity index (χ2n) is 9.12. The summed E-state index contributed by atoms with van der Waals surface area (Å²) in [4.78, 5) is 4.85. The van der Waals surface area contributed by atoms with Crippen molar-refractivity contribution in [1.82, 2.24) is 4.98 Å². The van der Waals surface area contributed by atoms with Gasteiger partial charge in [-0.2, -0.15) is 0 Å². The van der Waals surface area contributed by atoms with Crippen LogP contribution in [0, 0.1) is 11.8 Å². The lowest BCUT2D eigenvalue weighted by atomic mass is 9.51. The van der Waals surface area contributed by atoms with E-state index in [0.29, 0.717) is 23.7 Å². The van der Waals surface area contributed by atoms with Gasteiger partial charge in [-0.1, -0.05) is 78.9 Å². The molecule has 1 heterocycles. The maximum Gasteiger partial charge on any atom is 0.0736 e. The van der Waals surface area contributed by atoms with E-state index in [2.05, 4.69) is 84.9 Å². The smallest absolute Gasteiger partial charge is 0.0736 e. The maximum absolute atomic E-state index is 4.85. The molecule has 0 amide bonds. The van der Waals surface area contributed by atoms with Gasteiger partial charge in [0.1, 0.15) is 0 Å². The molecule has 0 N–H and O–H groups in total. The zero-order chi connectivity index (χ0) is 19.7. The van der Waals surface area contributed by atoms with Gasteiger partial charge in [0.05, 0.1) is 5.69 Å². The number of hydrogen-bond donors (Lipinski definition) is 0. The number of nitrogens with zero attached hydrogens (tertiary/aromatic N) is 1. The van der Waals surface area contributed by atoms with Gasteiger partial charge in [0.25, 0.3) is 0 Å². The zero-order valence-electron chi connectivity index (χ0n) is 16.8. The van der Waals surface area contributed by atoms with Gasteiger partial charge in [-0.3, -0.25) is 4.98 Å². The lowest BCUT2D eigenvalue weighted by Crippen LogP contribution is -2.42. The van der Waals surface area contributed by atoms with Crippen LogP contribution in [0.5, 0.6) is 0 Å². The highest BCUT2D eigenvalue weighted by Crippen LogP contribution is 2.60. The van der Waals surface area contributed by atoms with Gasteiger partial charge in [0.15, 0.2) is 0 Å². The molecular weight excluding hydrogens is 362 g/mol. The largest absolute Gasteiger partial charge is 0.256 e. The number of aromatic nitrogens is 1. The lowest BCUT2D eigenvalue weighted by Gasteiger charge is -2.52. The van der Waals surface area contributed by atoms with E-state index in [9.17, 15) is 0 Å². The monoisotopic (exact) mass is 385 g/mol. The summed E-state index contributed by atoms with van der Waals surface area (Å²) in [7, 11) is 0. The zero-order valence-corrected chi connectivity index (χ0v) is 16.8. The van der Waals surface area contributed by atoms with Crippen LogP contribution in [0.4, 0.5) is 0 Å².